The lowest BCUT2D eigenvalue weighted by atomic mass is 10.1. The second kappa shape index (κ2) is 12.5. The van der Waals surface area contributed by atoms with Crippen molar-refractivity contribution < 1.29 is 14.7 Å². The van der Waals surface area contributed by atoms with Crippen molar-refractivity contribution in [3.63, 3.8) is 0 Å². The normalized spacial score (nSPS) is 11.4. The summed E-state index contributed by atoms with van der Waals surface area (Å²) in [6.45, 7) is 0.646. The van der Waals surface area contributed by atoms with Crippen LogP contribution >= 0.6 is 33.2 Å². The molecule has 4 rings (SSSR count). The number of pyridine rings is 1. The van der Waals surface area contributed by atoms with Crippen LogP contribution in [0, 0.1) is 0 Å². The molecule has 0 bridgehead atoms. The Morgan fingerprint density at radius 1 is 1.06 bits per heavy atom. The van der Waals surface area contributed by atoms with Gasteiger partial charge in [0.1, 0.15) is 12.4 Å². The molecule has 0 aliphatic rings. The molecule has 0 atom stereocenters. The highest BCUT2D eigenvalue weighted by Gasteiger charge is 2.17. The minimum Gasteiger partial charge on any atom is -0.506 e. The highest BCUT2D eigenvalue weighted by molar-refractivity contribution is 8.76. The highest BCUT2D eigenvalue weighted by atomic mass is 35.5. The molecule has 6 nitrogen and oxygen atoms in total. The minimum absolute atomic E-state index is 0.0725. The Hall–Kier alpha value is -3.20. The van der Waals surface area contributed by atoms with Gasteiger partial charge in [-0.2, -0.15) is 0 Å². The molecule has 1 amide bonds. The minimum atomic E-state index is -0.391. The van der Waals surface area contributed by atoms with Gasteiger partial charge in [0, 0.05) is 34.3 Å². The van der Waals surface area contributed by atoms with Gasteiger partial charge in [-0.15, -0.1) is 0 Å². The maximum absolute atomic E-state index is 12.9. The number of benzene rings is 3. The summed E-state index contributed by atoms with van der Waals surface area (Å²) in [6.07, 6.45) is 1.79. The molecule has 3 aromatic carbocycles. The summed E-state index contributed by atoms with van der Waals surface area (Å²) >= 11 is 6.05. The largest absolute Gasteiger partial charge is 0.506 e. The number of hydrogen-bond acceptors (Lipinski definition) is 7. The number of hydrogen-bond donors (Lipinski definition) is 2. The molecule has 178 valence electrons. The summed E-state index contributed by atoms with van der Waals surface area (Å²) in [5, 5.41) is 17.9. The summed E-state index contributed by atoms with van der Waals surface area (Å²) in [4.78, 5) is 23.9. The van der Waals surface area contributed by atoms with E-state index in [4.69, 9.17) is 16.4 Å². The number of phenols is 1. The Bertz CT molecular complexity index is 1330. The number of halogens is 1. The molecule has 1 aromatic heterocycles. The second-order valence-corrected chi connectivity index (χ2v) is 10.2. The molecular weight excluding hydrogens is 502 g/mol. The molecule has 0 saturated heterocycles. The van der Waals surface area contributed by atoms with Crippen LogP contribution in [-0.2, 0) is 16.2 Å². The number of para-hydroxylation sites is 1. The molecule has 0 spiro atoms. The fraction of sp³-hybridized carbons (Fsp3) is 0.115. The molecule has 0 aliphatic carbocycles. The van der Waals surface area contributed by atoms with Crippen molar-refractivity contribution in [2.24, 2.45) is 5.16 Å². The summed E-state index contributed by atoms with van der Waals surface area (Å²) in [6, 6.07) is 24.1. The molecule has 2 N–H and O–H groups in total. The molecule has 1 heterocycles. The van der Waals surface area contributed by atoms with E-state index in [1.165, 1.54) is 12.1 Å². The predicted molar refractivity (Wildman–Crippen MR) is 144 cm³/mol. The Labute approximate surface area is 216 Å². The van der Waals surface area contributed by atoms with Crippen molar-refractivity contribution in [1.82, 2.24) is 10.3 Å². The van der Waals surface area contributed by atoms with Crippen LogP contribution in [0.3, 0.4) is 0 Å². The van der Waals surface area contributed by atoms with E-state index in [9.17, 15) is 9.90 Å². The van der Waals surface area contributed by atoms with Crippen LogP contribution in [0.15, 0.2) is 95.1 Å². The van der Waals surface area contributed by atoms with Gasteiger partial charge in [-0.05, 0) is 35.9 Å². The molecular formula is C26H22ClN3O3S2. The van der Waals surface area contributed by atoms with Gasteiger partial charge in [-0.25, -0.2) is 0 Å². The summed E-state index contributed by atoms with van der Waals surface area (Å²) in [5.74, 6) is 0.211. The zero-order chi connectivity index (χ0) is 24.5. The van der Waals surface area contributed by atoms with Gasteiger partial charge in [0.05, 0.1) is 10.5 Å². The van der Waals surface area contributed by atoms with Crippen LogP contribution in [0.1, 0.15) is 11.1 Å². The first kappa shape index (κ1) is 24.9. The average Bonchev–Trinajstić information content (AvgIpc) is 2.89. The molecule has 0 unspecified atom stereocenters. The lowest BCUT2D eigenvalue weighted by Crippen LogP contribution is -2.33. The first-order valence-electron chi connectivity index (χ1n) is 10.8. The van der Waals surface area contributed by atoms with Crippen molar-refractivity contribution in [1.29, 1.82) is 0 Å². The molecule has 35 heavy (non-hydrogen) atoms. The monoisotopic (exact) mass is 523 g/mol. The number of fused-ring (bicyclic) bond motifs is 1. The number of rotatable bonds is 10. The third-order valence-corrected chi connectivity index (χ3v) is 7.57. The summed E-state index contributed by atoms with van der Waals surface area (Å²) in [5.41, 5.74) is 2.42. The summed E-state index contributed by atoms with van der Waals surface area (Å²) < 4.78 is 0. The number of aromatic nitrogens is 1. The van der Waals surface area contributed by atoms with E-state index >= 15 is 0 Å². The zero-order valence-electron chi connectivity index (χ0n) is 18.6. The van der Waals surface area contributed by atoms with Crippen molar-refractivity contribution in [2.45, 2.75) is 11.5 Å². The van der Waals surface area contributed by atoms with Gasteiger partial charge in [0.25, 0.3) is 5.91 Å². The maximum Gasteiger partial charge on any atom is 0.273 e. The van der Waals surface area contributed by atoms with Gasteiger partial charge in [0.15, 0.2) is 5.71 Å². The Balaban J connectivity index is 1.36. The van der Waals surface area contributed by atoms with Crippen molar-refractivity contribution in [3.8, 4) is 5.75 Å². The van der Waals surface area contributed by atoms with Crippen LogP contribution in [0.4, 0.5) is 0 Å². The number of oxime groups is 1. The van der Waals surface area contributed by atoms with E-state index in [1.54, 1.807) is 33.9 Å². The smallest absolute Gasteiger partial charge is 0.273 e. The quantitative estimate of drug-likeness (QED) is 0.114. The van der Waals surface area contributed by atoms with E-state index in [1.807, 2.05) is 60.7 Å². The third kappa shape index (κ3) is 6.91. The Morgan fingerprint density at radius 3 is 2.71 bits per heavy atom. The van der Waals surface area contributed by atoms with Crippen molar-refractivity contribution in [2.75, 3.05) is 12.3 Å². The molecule has 0 radical (unpaired) electrons. The molecule has 9 heteroatoms. The number of amides is 1. The van der Waals surface area contributed by atoms with Crippen LogP contribution in [0.25, 0.3) is 10.9 Å². The number of carbonyl (C=O) groups is 1. The van der Waals surface area contributed by atoms with Crippen molar-refractivity contribution >= 4 is 55.7 Å². The standard InChI is InChI=1S/C26H22ClN3O3S2/c27-21-16-20(11-12-22(21)31)25(30-33-17-18-6-2-1-3-7-18)26(32)29-14-15-34-35-23-10-4-8-19-9-5-13-28-24(19)23/h1-13,16,31H,14-15,17H2,(H,29,32)/b30-25+. The number of carbonyl (C=O) groups excluding carboxylic acids is 1. The predicted octanol–water partition coefficient (Wildman–Crippen LogP) is 6.07. The van der Waals surface area contributed by atoms with Gasteiger partial charge in [-0.3, -0.25) is 9.78 Å². The highest BCUT2D eigenvalue weighted by Crippen LogP contribution is 2.34. The Kier molecular flexibility index (Phi) is 8.89. The molecule has 0 fully saturated rings. The first-order valence-corrected chi connectivity index (χ1v) is 13.5. The number of phenolic OH excluding ortho intramolecular Hbond substituents is 1. The van der Waals surface area contributed by atoms with Crippen LogP contribution in [0.5, 0.6) is 5.75 Å². The van der Waals surface area contributed by atoms with Gasteiger partial charge in [-0.1, -0.05) is 86.9 Å². The second-order valence-electron chi connectivity index (χ2n) is 7.36. The van der Waals surface area contributed by atoms with Crippen LogP contribution in [-0.4, -0.2) is 34.0 Å². The maximum atomic E-state index is 12.9. The number of aromatic hydroxyl groups is 1. The molecule has 0 aliphatic heterocycles. The van der Waals surface area contributed by atoms with E-state index in [2.05, 4.69) is 15.5 Å². The third-order valence-electron chi connectivity index (χ3n) is 4.88. The van der Waals surface area contributed by atoms with Crippen LogP contribution < -0.4 is 5.32 Å². The molecule has 4 aromatic rings. The van der Waals surface area contributed by atoms with E-state index in [0.717, 1.165) is 21.4 Å². The van der Waals surface area contributed by atoms with Gasteiger partial charge < -0.3 is 15.3 Å². The van der Waals surface area contributed by atoms with Crippen molar-refractivity contribution in [3.05, 3.63) is 101 Å². The Morgan fingerprint density at radius 2 is 1.89 bits per heavy atom. The summed E-state index contributed by atoms with van der Waals surface area (Å²) in [7, 11) is 3.25. The lowest BCUT2D eigenvalue weighted by Gasteiger charge is -2.10. The fourth-order valence-electron chi connectivity index (χ4n) is 3.16. The number of nitrogens with zero attached hydrogens (tertiary/aromatic N) is 2. The van der Waals surface area contributed by atoms with E-state index < -0.39 is 5.91 Å². The first-order chi connectivity index (χ1) is 17.1. The van der Waals surface area contributed by atoms with Gasteiger partial charge in [0.2, 0.25) is 0 Å². The SMILES string of the molecule is O=C(NCCSSc1cccc2cccnc12)/C(=N/OCc1ccccc1)c1ccc(O)c(Cl)c1. The number of nitrogens with one attached hydrogen (secondary N) is 1. The van der Waals surface area contributed by atoms with Crippen LogP contribution in [0.2, 0.25) is 5.02 Å². The van der Waals surface area contributed by atoms with Gasteiger partial charge >= 0.3 is 0 Å². The van der Waals surface area contributed by atoms with E-state index in [-0.39, 0.29) is 23.1 Å². The topological polar surface area (TPSA) is 83.8 Å². The lowest BCUT2D eigenvalue weighted by molar-refractivity contribution is -0.114. The van der Waals surface area contributed by atoms with E-state index in [0.29, 0.717) is 17.9 Å². The zero-order valence-corrected chi connectivity index (χ0v) is 20.9. The molecule has 0 saturated carbocycles. The average molecular weight is 524 g/mol. The fourth-order valence-corrected chi connectivity index (χ4v) is 5.41.